The number of thiol groups is 1. The van der Waals surface area contributed by atoms with Crippen LogP contribution in [0.15, 0.2) is 22.0 Å². The molecule has 0 saturated heterocycles. The third-order valence-electron chi connectivity index (χ3n) is 3.42. The monoisotopic (exact) mass is 311 g/mol. The Kier molecular flexibility index (Phi) is 3.34. The fraction of sp³-hybridized carbons (Fsp3) is 0.357. The van der Waals surface area contributed by atoms with E-state index in [1.807, 2.05) is 11.5 Å². The maximum atomic E-state index is 12.2. The lowest BCUT2D eigenvalue weighted by Gasteiger charge is -2.15. The number of pyridine rings is 1. The van der Waals surface area contributed by atoms with Gasteiger partial charge in [-0.1, -0.05) is 11.6 Å². The van der Waals surface area contributed by atoms with E-state index < -0.39 is 0 Å². The van der Waals surface area contributed by atoms with Crippen LogP contribution in [0.5, 0.6) is 11.5 Å². The molecule has 106 valence electrons. The second-order valence-electron chi connectivity index (χ2n) is 4.85. The Morgan fingerprint density at radius 3 is 2.85 bits per heavy atom. The number of fused-ring (bicyclic) bond motifs is 1. The number of hydrogen-bond acceptors (Lipinski definition) is 4. The molecule has 1 aliphatic carbocycles. The van der Waals surface area contributed by atoms with Crippen molar-refractivity contribution >= 4 is 35.1 Å². The molecule has 0 bridgehead atoms. The minimum atomic E-state index is -0.274. The average Bonchev–Trinajstić information content (AvgIpc) is 3.24. The molecule has 1 aliphatic rings. The predicted molar refractivity (Wildman–Crippen MR) is 81.6 cm³/mol. The van der Waals surface area contributed by atoms with Gasteiger partial charge in [0.1, 0.15) is 0 Å². The van der Waals surface area contributed by atoms with E-state index >= 15 is 0 Å². The van der Waals surface area contributed by atoms with Crippen LogP contribution in [-0.2, 0) is 0 Å². The van der Waals surface area contributed by atoms with Gasteiger partial charge in [-0.2, -0.15) is 0 Å². The van der Waals surface area contributed by atoms with Gasteiger partial charge in [-0.25, -0.2) is 0 Å². The van der Waals surface area contributed by atoms with Gasteiger partial charge in [0.05, 0.1) is 27.4 Å². The van der Waals surface area contributed by atoms with Gasteiger partial charge in [0, 0.05) is 18.3 Å². The number of nitrogens with zero attached hydrogens (tertiary/aromatic N) is 1. The molecule has 0 aliphatic heterocycles. The second-order valence-corrected chi connectivity index (χ2v) is 5.71. The van der Waals surface area contributed by atoms with E-state index in [-0.39, 0.29) is 16.2 Å². The van der Waals surface area contributed by atoms with Crippen molar-refractivity contribution in [2.24, 2.45) is 0 Å². The highest BCUT2D eigenvalue weighted by molar-refractivity contribution is 7.80. The quantitative estimate of drug-likeness (QED) is 0.854. The largest absolute Gasteiger partial charge is 0.503 e. The smallest absolute Gasteiger partial charge is 0.204 e. The highest BCUT2D eigenvalue weighted by atomic mass is 35.5. The van der Waals surface area contributed by atoms with Crippen LogP contribution in [0.1, 0.15) is 25.8 Å². The molecule has 0 spiro atoms. The summed E-state index contributed by atoms with van der Waals surface area (Å²) < 4.78 is 7.37. The Hall–Kier alpha value is -1.33. The first-order chi connectivity index (χ1) is 9.54. The molecule has 1 saturated carbocycles. The number of phenols is 1. The maximum Gasteiger partial charge on any atom is 0.204 e. The number of aromatic nitrogens is 1. The van der Waals surface area contributed by atoms with Gasteiger partial charge in [0.25, 0.3) is 0 Å². The molecule has 20 heavy (non-hydrogen) atoms. The number of halogens is 1. The standard InChI is InChI=1S/C14H14ClNO3S/c1-2-19-9-5-8-11(12(15)13(9)17)14(18)10(20)6-16(8)7-3-4-7/h5-7,17,20H,2-4H2,1H3. The van der Waals surface area contributed by atoms with Gasteiger partial charge in [-0.3, -0.25) is 4.79 Å². The van der Waals surface area contributed by atoms with E-state index in [0.29, 0.717) is 34.2 Å². The van der Waals surface area contributed by atoms with Crippen LogP contribution in [0.4, 0.5) is 0 Å². The van der Waals surface area contributed by atoms with Crippen LogP contribution >= 0.6 is 24.2 Å². The SMILES string of the molecule is CCOc1cc2c(c(Cl)c1O)c(=O)c(S)cn2C1CC1. The number of aromatic hydroxyl groups is 1. The molecule has 4 nitrogen and oxygen atoms in total. The topological polar surface area (TPSA) is 51.5 Å². The second kappa shape index (κ2) is 4.90. The molecule has 1 heterocycles. The van der Waals surface area contributed by atoms with Crippen LogP contribution in [0.25, 0.3) is 10.9 Å². The number of rotatable bonds is 3. The predicted octanol–water partition coefficient (Wildman–Crippen LogP) is 3.38. The number of phenolic OH excluding ortho intramolecular Hbond substituents is 1. The molecule has 0 atom stereocenters. The Labute approximate surface area is 126 Å². The van der Waals surface area contributed by atoms with Gasteiger partial charge in [-0.05, 0) is 19.8 Å². The Balaban J connectivity index is 2.41. The van der Waals surface area contributed by atoms with Gasteiger partial charge in [0.2, 0.25) is 5.43 Å². The summed E-state index contributed by atoms with van der Waals surface area (Å²) in [7, 11) is 0. The Bertz CT molecular complexity index is 752. The lowest BCUT2D eigenvalue weighted by atomic mass is 10.1. The first-order valence-electron chi connectivity index (χ1n) is 6.46. The van der Waals surface area contributed by atoms with Crippen LogP contribution in [0.2, 0.25) is 5.02 Å². The number of ether oxygens (including phenoxy) is 1. The third-order valence-corrected chi connectivity index (χ3v) is 4.11. The maximum absolute atomic E-state index is 12.2. The average molecular weight is 312 g/mol. The lowest BCUT2D eigenvalue weighted by Crippen LogP contribution is -2.11. The zero-order valence-corrected chi connectivity index (χ0v) is 12.5. The van der Waals surface area contributed by atoms with Crippen molar-refractivity contribution in [2.45, 2.75) is 30.7 Å². The minimum absolute atomic E-state index is 0.0289. The van der Waals surface area contributed by atoms with Gasteiger partial charge < -0.3 is 14.4 Å². The van der Waals surface area contributed by atoms with E-state index in [2.05, 4.69) is 12.6 Å². The summed E-state index contributed by atoms with van der Waals surface area (Å²) in [5.74, 6) is 0.102. The normalized spacial score (nSPS) is 14.8. The number of benzene rings is 1. The fourth-order valence-electron chi connectivity index (χ4n) is 2.33. The van der Waals surface area contributed by atoms with E-state index in [0.717, 1.165) is 12.8 Å². The fourth-order valence-corrected chi connectivity index (χ4v) is 2.84. The summed E-state index contributed by atoms with van der Waals surface area (Å²) in [6.07, 6.45) is 3.86. The van der Waals surface area contributed by atoms with Crippen molar-refractivity contribution in [2.75, 3.05) is 6.61 Å². The zero-order valence-electron chi connectivity index (χ0n) is 10.9. The summed E-state index contributed by atoms with van der Waals surface area (Å²) in [5, 5.41) is 10.4. The van der Waals surface area contributed by atoms with Crippen LogP contribution in [0, 0.1) is 0 Å². The molecule has 0 radical (unpaired) electrons. The van der Waals surface area contributed by atoms with E-state index in [9.17, 15) is 9.90 Å². The highest BCUT2D eigenvalue weighted by Crippen LogP contribution is 2.43. The van der Waals surface area contributed by atoms with Crippen molar-refractivity contribution in [3.63, 3.8) is 0 Å². The summed E-state index contributed by atoms with van der Waals surface area (Å²) in [4.78, 5) is 12.6. The summed E-state index contributed by atoms with van der Waals surface area (Å²) >= 11 is 10.4. The van der Waals surface area contributed by atoms with E-state index in [1.54, 1.807) is 12.3 Å². The highest BCUT2D eigenvalue weighted by Gasteiger charge is 2.27. The minimum Gasteiger partial charge on any atom is -0.503 e. The van der Waals surface area contributed by atoms with Crippen molar-refractivity contribution in [1.82, 2.24) is 4.57 Å². The van der Waals surface area contributed by atoms with Crippen LogP contribution < -0.4 is 10.2 Å². The molecule has 3 rings (SSSR count). The first kappa shape index (κ1) is 13.6. The van der Waals surface area contributed by atoms with Crippen LogP contribution in [-0.4, -0.2) is 16.3 Å². The third kappa shape index (κ3) is 2.05. The molecule has 6 heteroatoms. The number of hydrogen-bond donors (Lipinski definition) is 2. The van der Waals surface area contributed by atoms with Crippen molar-refractivity contribution in [1.29, 1.82) is 0 Å². The Morgan fingerprint density at radius 1 is 1.55 bits per heavy atom. The summed E-state index contributed by atoms with van der Waals surface area (Å²) in [6.45, 7) is 2.23. The Morgan fingerprint density at radius 2 is 2.25 bits per heavy atom. The van der Waals surface area contributed by atoms with Crippen LogP contribution in [0.3, 0.4) is 0 Å². The summed E-state index contributed by atoms with van der Waals surface area (Å²) in [6, 6.07) is 2.03. The van der Waals surface area contributed by atoms with Crippen molar-refractivity contribution < 1.29 is 9.84 Å². The molecule has 0 unspecified atom stereocenters. The molecule has 0 amide bonds. The zero-order chi connectivity index (χ0) is 14.4. The lowest BCUT2D eigenvalue weighted by molar-refractivity contribution is 0.318. The van der Waals surface area contributed by atoms with E-state index in [1.165, 1.54) is 0 Å². The van der Waals surface area contributed by atoms with Gasteiger partial charge in [0.15, 0.2) is 11.5 Å². The molecule has 1 aromatic carbocycles. The first-order valence-corrected chi connectivity index (χ1v) is 7.29. The van der Waals surface area contributed by atoms with Crippen molar-refractivity contribution in [3.05, 3.63) is 27.5 Å². The van der Waals surface area contributed by atoms with Gasteiger partial charge in [-0.15, -0.1) is 12.6 Å². The summed E-state index contributed by atoms with van der Waals surface area (Å²) in [5.41, 5.74) is 0.408. The van der Waals surface area contributed by atoms with Gasteiger partial charge >= 0.3 is 0 Å². The van der Waals surface area contributed by atoms with E-state index in [4.69, 9.17) is 16.3 Å². The molecule has 1 fully saturated rings. The molecule has 1 N–H and O–H groups in total. The van der Waals surface area contributed by atoms with Crippen molar-refractivity contribution in [3.8, 4) is 11.5 Å². The molecule has 1 aromatic heterocycles. The molecule has 2 aromatic rings. The molecular formula is C14H14ClNO3S. The molecular weight excluding hydrogens is 298 g/mol.